The van der Waals surface area contributed by atoms with Gasteiger partial charge < -0.3 is 29.9 Å². The van der Waals surface area contributed by atoms with Crippen molar-refractivity contribution in [2.24, 2.45) is 11.8 Å². The first kappa shape index (κ1) is 44.9. The molecule has 0 bridgehead atoms. The SMILES string of the molecule is O=C1CC[C@H](N2C(=O)c3ccc(N4CC(C(=O)N5CCN(CC6CCN(c7ccc(Nc8ncnc9c8ncn9C8CC(NC(=O)c9c(Cl)cccc9Cl)C8)cc7)CC6)CC5)C4)cc3C2=O)C(=O)N1. The molecule has 4 saturated heterocycles. The third-order valence-corrected chi connectivity index (χ3v) is 15.3. The molecule has 3 aromatic carbocycles. The summed E-state index contributed by atoms with van der Waals surface area (Å²) in [7, 11) is 0. The number of halogens is 2. The topological polar surface area (TPSA) is 198 Å². The largest absolute Gasteiger partial charge is 0.372 e. The highest BCUT2D eigenvalue weighted by molar-refractivity contribution is 6.39. The minimum absolute atomic E-state index is 0.0199. The average Bonchev–Trinajstić information content (AvgIpc) is 3.85. The van der Waals surface area contributed by atoms with Crippen LogP contribution in [0.4, 0.5) is 22.9 Å². The fourth-order valence-electron chi connectivity index (χ4n) is 10.7. The van der Waals surface area contributed by atoms with Crippen LogP contribution in [-0.4, -0.2) is 141 Å². The van der Waals surface area contributed by atoms with Gasteiger partial charge in [0.15, 0.2) is 17.0 Å². The number of imidazole rings is 1. The summed E-state index contributed by atoms with van der Waals surface area (Å²) in [6, 6.07) is 17.6. The second-order valence-corrected chi connectivity index (χ2v) is 19.8. The van der Waals surface area contributed by atoms with E-state index in [0.717, 1.165) is 80.3 Å². The second-order valence-electron chi connectivity index (χ2n) is 18.9. The fraction of sp³-hybridized carbons (Fsp3) is 0.408. The molecule has 3 N–H and O–H groups in total. The fourth-order valence-corrected chi connectivity index (χ4v) is 11.2. The second kappa shape index (κ2) is 18.4. The van der Waals surface area contributed by atoms with Gasteiger partial charge in [-0.3, -0.25) is 43.9 Å². The molecule has 5 aliphatic heterocycles. The molecule has 0 spiro atoms. The van der Waals surface area contributed by atoms with Crippen LogP contribution < -0.4 is 25.8 Å². The molecule has 6 amide bonds. The minimum Gasteiger partial charge on any atom is -0.372 e. The van der Waals surface area contributed by atoms with Crippen LogP contribution in [0.25, 0.3) is 11.2 Å². The molecular formula is C49H50Cl2N12O6. The number of hydrogen-bond acceptors (Lipinski definition) is 13. The molecule has 18 nitrogen and oxygen atoms in total. The molecular weight excluding hydrogens is 924 g/mol. The van der Waals surface area contributed by atoms with Gasteiger partial charge in [-0.1, -0.05) is 29.3 Å². The number of imide groups is 2. The van der Waals surface area contributed by atoms with Crippen molar-refractivity contribution in [2.75, 3.05) is 74.0 Å². The standard InChI is InChI=1S/C49H50Cl2N12O6/c50-37-2-1-3-38(51)41(37)46(66)56-31-20-34(21-31)62-27-54-42-43(52-26-53-44(42)62)55-30-4-6-32(7-5-30)59-14-12-28(13-15-59)23-58-16-18-60(19-17-58)47(67)29-24-61(25-29)33-8-9-35-36(22-33)49(69)63(48(35)68)39-10-11-40(64)57-45(39)65/h1-9,22,26-29,31,34,39H,10-21,23-25H2,(H,56,66)(H,52,53,55)(H,57,64,65)/t31?,34?,39-/m0/s1. The summed E-state index contributed by atoms with van der Waals surface area (Å²) in [5, 5.41) is 9.36. The van der Waals surface area contributed by atoms with Crippen LogP contribution in [0.5, 0.6) is 0 Å². The number of fused-ring (bicyclic) bond motifs is 2. The van der Waals surface area contributed by atoms with Crippen molar-refractivity contribution >= 4 is 92.7 Å². The average molecular weight is 974 g/mol. The molecule has 1 saturated carbocycles. The Morgan fingerprint density at radius 3 is 2.20 bits per heavy atom. The van der Waals surface area contributed by atoms with Crippen molar-refractivity contribution < 1.29 is 28.8 Å². The monoisotopic (exact) mass is 972 g/mol. The summed E-state index contributed by atoms with van der Waals surface area (Å²) in [5.74, 6) is -1.17. The van der Waals surface area contributed by atoms with Gasteiger partial charge in [0, 0.05) is 94.5 Å². The molecule has 6 aliphatic rings. The molecule has 5 fully saturated rings. The number of piperidine rings is 2. The van der Waals surface area contributed by atoms with Gasteiger partial charge in [0.2, 0.25) is 17.7 Å². The van der Waals surface area contributed by atoms with Crippen LogP contribution in [0, 0.1) is 11.8 Å². The Kier molecular flexibility index (Phi) is 11.9. The number of rotatable bonds is 11. The van der Waals surface area contributed by atoms with Crippen LogP contribution in [-0.2, 0) is 14.4 Å². The molecule has 0 radical (unpaired) electrons. The molecule has 7 heterocycles. The van der Waals surface area contributed by atoms with E-state index in [4.69, 9.17) is 23.2 Å². The molecule has 20 heteroatoms. The van der Waals surface area contributed by atoms with E-state index in [1.807, 2.05) is 14.4 Å². The lowest BCUT2D eigenvalue weighted by molar-refractivity contribution is -0.138. The third-order valence-electron chi connectivity index (χ3n) is 14.7. The number of anilines is 4. The highest BCUT2D eigenvalue weighted by Gasteiger charge is 2.45. The van der Waals surface area contributed by atoms with Gasteiger partial charge in [-0.15, -0.1) is 0 Å². The van der Waals surface area contributed by atoms with E-state index in [1.54, 1.807) is 49.1 Å². The summed E-state index contributed by atoms with van der Waals surface area (Å²) in [6.07, 6.45) is 7.15. The number of piperazine rings is 1. The van der Waals surface area contributed by atoms with Crippen molar-refractivity contribution in [1.82, 2.24) is 44.9 Å². The number of carbonyl (C=O) groups excluding carboxylic acids is 6. The lowest BCUT2D eigenvalue weighted by Gasteiger charge is -2.44. The zero-order chi connectivity index (χ0) is 47.5. The Labute approximate surface area is 407 Å². The van der Waals surface area contributed by atoms with E-state index in [9.17, 15) is 28.8 Å². The van der Waals surface area contributed by atoms with Crippen LogP contribution >= 0.6 is 23.2 Å². The molecule has 5 aromatic rings. The quantitative estimate of drug-likeness (QED) is 0.151. The van der Waals surface area contributed by atoms with Crippen molar-refractivity contribution in [3.05, 3.63) is 100 Å². The Hall–Kier alpha value is -6.63. The molecule has 356 valence electrons. The van der Waals surface area contributed by atoms with Crippen molar-refractivity contribution in [3.63, 3.8) is 0 Å². The summed E-state index contributed by atoms with van der Waals surface area (Å²) in [4.78, 5) is 101. The number of amides is 6. The molecule has 0 unspecified atom stereocenters. The number of carbonyl (C=O) groups is 6. The summed E-state index contributed by atoms with van der Waals surface area (Å²) >= 11 is 12.5. The van der Waals surface area contributed by atoms with Gasteiger partial charge in [-0.05, 0) is 92.6 Å². The Morgan fingerprint density at radius 1 is 0.768 bits per heavy atom. The van der Waals surface area contributed by atoms with E-state index < -0.39 is 29.7 Å². The van der Waals surface area contributed by atoms with E-state index in [1.165, 1.54) is 5.69 Å². The van der Waals surface area contributed by atoms with Gasteiger partial charge in [0.25, 0.3) is 17.7 Å². The zero-order valence-electron chi connectivity index (χ0n) is 37.7. The van der Waals surface area contributed by atoms with E-state index >= 15 is 0 Å². The maximum atomic E-state index is 13.5. The Morgan fingerprint density at radius 2 is 1.48 bits per heavy atom. The first-order chi connectivity index (χ1) is 33.4. The van der Waals surface area contributed by atoms with Crippen molar-refractivity contribution in [1.29, 1.82) is 0 Å². The first-order valence-corrected chi connectivity index (χ1v) is 24.4. The predicted octanol–water partition coefficient (Wildman–Crippen LogP) is 4.91. The number of hydrogen-bond donors (Lipinski definition) is 3. The van der Waals surface area contributed by atoms with Gasteiger partial charge in [0.05, 0.1) is 39.0 Å². The van der Waals surface area contributed by atoms with Crippen LogP contribution in [0.15, 0.2) is 73.3 Å². The predicted molar refractivity (Wildman–Crippen MR) is 258 cm³/mol. The van der Waals surface area contributed by atoms with Gasteiger partial charge in [-0.2, -0.15) is 0 Å². The van der Waals surface area contributed by atoms with E-state index in [2.05, 4.69) is 65.0 Å². The maximum absolute atomic E-state index is 13.5. The van der Waals surface area contributed by atoms with Crippen LogP contribution in [0.1, 0.15) is 75.6 Å². The maximum Gasteiger partial charge on any atom is 0.262 e. The summed E-state index contributed by atoms with van der Waals surface area (Å²) < 4.78 is 2.05. The number of nitrogens with zero attached hydrogens (tertiary/aromatic N) is 9. The smallest absolute Gasteiger partial charge is 0.262 e. The van der Waals surface area contributed by atoms with E-state index in [0.29, 0.717) is 53.5 Å². The minimum atomic E-state index is -1.01. The molecule has 1 atom stereocenters. The lowest BCUT2D eigenvalue weighted by atomic mass is 9.86. The number of nitrogens with one attached hydrogen (secondary N) is 3. The van der Waals surface area contributed by atoms with Crippen molar-refractivity contribution in [3.8, 4) is 0 Å². The number of benzene rings is 3. The third kappa shape index (κ3) is 8.62. The van der Waals surface area contributed by atoms with Gasteiger partial charge in [-0.25, -0.2) is 15.0 Å². The Balaban J connectivity index is 0.607. The molecule has 11 rings (SSSR count). The molecule has 1 aliphatic carbocycles. The first-order valence-electron chi connectivity index (χ1n) is 23.6. The Bertz CT molecular complexity index is 2870. The highest BCUT2D eigenvalue weighted by atomic mass is 35.5. The van der Waals surface area contributed by atoms with Crippen LogP contribution in [0.3, 0.4) is 0 Å². The van der Waals surface area contributed by atoms with Crippen LogP contribution in [0.2, 0.25) is 10.0 Å². The summed E-state index contributed by atoms with van der Waals surface area (Å²) in [6.45, 7) is 7.14. The highest BCUT2D eigenvalue weighted by Crippen LogP contribution is 2.37. The van der Waals surface area contributed by atoms with E-state index in [-0.39, 0.29) is 59.3 Å². The zero-order valence-corrected chi connectivity index (χ0v) is 39.2. The summed E-state index contributed by atoms with van der Waals surface area (Å²) in [5.41, 5.74) is 5.01. The molecule has 2 aromatic heterocycles. The number of aromatic nitrogens is 4. The lowest BCUT2D eigenvalue weighted by Crippen LogP contribution is -2.58. The normalized spacial score (nSPS) is 22.4. The molecule has 69 heavy (non-hydrogen) atoms. The van der Waals surface area contributed by atoms with Gasteiger partial charge >= 0.3 is 0 Å². The van der Waals surface area contributed by atoms with Crippen molar-refractivity contribution in [2.45, 2.75) is 56.7 Å². The van der Waals surface area contributed by atoms with Gasteiger partial charge in [0.1, 0.15) is 12.4 Å².